The van der Waals surface area contributed by atoms with E-state index in [1.54, 1.807) is 0 Å². The number of carbonyl (C=O) groups is 3. The Morgan fingerprint density at radius 1 is 1.03 bits per heavy atom. The summed E-state index contributed by atoms with van der Waals surface area (Å²) in [5, 5.41) is 3.08. The Balaban J connectivity index is 1.30. The molecule has 8 heteroatoms. The highest BCUT2D eigenvalue weighted by molar-refractivity contribution is 8.00. The fraction of sp³-hybridized carbons (Fsp3) is 0.654. The van der Waals surface area contributed by atoms with Crippen molar-refractivity contribution in [1.82, 2.24) is 20.0 Å². The van der Waals surface area contributed by atoms with Crippen molar-refractivity contribution in [2.24, 2.45) is 0 Å². The smallest absolute Gasteiger partial charge is 0.255 e. The third-order valence-electron chi connectivity index (χ3n) is 7.44. The van der Waals surface area contributed by atoms with Gasteiger partial charge in [0.15, 0.2) is 0 Å². The molecular weight excluding hydrogens is 448 g/mol. The molecule has 0 bridgehead atoms. The highest BCUT2D eigenvalue weighted by Crippen LogP contribution is 2.27. The van der Waals surface area contributed by atoms with E-state index >= 15 is 0 Å². The van der Waals surface area contributed by atoms with Gasteiger partial charge >= 0.3 is 0 Å². The van der Waals surface area contributed by atoms with Crippen molar-refractivity contribution in [3.63, 3.8) is 0 Å². The van der Waals surface area contributed by atoms with Crippen LogP contribution in [0.25, 0.3) is 0 Å². The van der Waals surface area contributed by atoms with Crippen LogP contribution in [0, 0.1) is 0 Å². The van der Waals surface area contributed by atoms with Crippen molar-refractivity contribution in [3.8, 4) is 0 Å². The van der Waals surface area contributed by atoms with Gasteiger partial charge in [-0.2, -0.15) is 0 Å². The molecule has 1 aromatic rings. The average Bonchev–Trinajstić information content (AvgIpc) is 3.70. The minimum Gasteiger partial charge on any atom is -0.352 e. The van der Waals surface area contributed by atoms with Gasteiger partial charge in [-0.15, -0.1) is 11.8 Å². The van der Waals surface area contributed by atoms with Gasteiger partial charge in [0, 0.05) is 50.2 Å². The predicted molar refractivity (Wildman–Crippen MR) is 135 cm³/mol. The Kier molecular flexibility index (Phi) is 8.53. The van der Waals surface area contributed by atoms with Gasteiger partial charge in [0.2, 0.25) is 11.8 Å². The van der Waals surface area contributed by atoms with Crippen molar-refractivity contribution in [3.05, 3.63) is 29.8 Å². The Bertz CT molecular complexity index is 877. The summed E-state index contributed by atoms with van der Waals surface area (Å²) in [5.41, 5.74) is 0.661. The van der Waals surface area contributed by atoms with Gasteiger partial charge in [-0.25, -0.2) is 0 Å². The summed E-state index contributed by atoms with van der Waals surface area (Å²) in [5.74, 6) is 0.572. The fourth-order valence-corrected chi connectivity index (χ4v) is 5.85. The molecule has 2 saturated carbocycles. The summed E-state index contributed by atoms with van der Waals surface area (Å²) in [4.78, 5) is 45.3. The first-order valence-electron chi connectivity index (χ1n) is 12.7. The van der Waals surface area contributed by atoms with E-state index in [4.69, 9.17) is 0 Å². The van der Waals surface area contributed by atoms with E-state index in [9.17, 15) is 14.4 Å². The molecule has 0 radical (unpaired) electrons. The van der Waals surface area contributed by atoms with Gasteiger partial charge in [-0.3, -0.25) is 19.3 Å². The number of hydrogen-bond donors (Lipinski definition) is 1. The molecule has 7 nitrogen and oxygen atoms in total. The van der Waals surface area contributed by atoms with E-state index in [1.165, 1.54) is 31.0 Å². The number of nitrogens with zero attached hydrogens (tertiary/aromatic N) is 3. The Hall–Kier alpha value is -2.06. The molecule has 1 saturated heterocycles. The molecular formula is C26H38N4O3S. The van der Waals surface area contributed by atoms with Crippen LogP contribution in [0.5, 0.6) is 0 Å². The number of benzene rings is 1. The first kappa shape index (κ1) is 25.0. The summed E-state index contributed by atoms with van der Waals surface area (Å²) < 4.78 is 0. The predicted octanol–water partition coefficient (Wildman–Crippen LogP) is 2.99. The van der Waals surface area contributed by atoms with E-state index in [0.717, 1.165) is 30.6 Å². The minimum absolute atomic E-state index is 0.00548. The van der Waals surface area contributed by atoms with Crippen LogP contribution in [-0.4, -0.2) is 89.5 Å². The molecule has 3 fully saturated rings. The Labute approximate surface area is 207 Å². The zero-order valence-corrected chi connectivity index (χ0v) is 21.3. The molecule has 1 aliphatic heterocycles. The van der Waals surface area contributed by atoms with E-state index in [2.05, 4.69) is 10.2 Å². The van der Waals surface area contributed by atoms with Gasteiger partial charge in [0.1, 0.15) is 0 Å². The lowest BCUT2D eigenvalue weighted by Crippen LogP contribution is -2.55. The van der Waals surface area contributed by atoms with Crippen molar-refractivity contribution < 1.29 is 14.4 Å². The van der Waals surface area contributed by atoms with Crippen LogP contribution in [0.1, 0.15) is 62.2 Å². The molecule has 1 heterocycles. The highest BCUT2D eigenvalue weighted by atomic mass is 32.2. The van der Waals surface area contributed by atoms with E-state index in [0.29, 0.717) is 49.6 Å². The van der Waals surface area contributed by atoms with Crippen LogP contribution in [0.2, 0.25) is 0 Å². The second-order valence-electron chi connectivity index (χ2n) is 9.87. The standard InChI is InChI=1S/C26H38N4O3S/c1-19(25(32)27-20-12-13-20)29-14-16-30(17-15-29)26(33)22-10-6-7-11-23(22)34-18-24(31)28(2)21-8-4-3-5-9-21/h6-7,10-11,19-21H,3-5,8-9,12-18H2,1-2H3,(H,27,32). The van der Waals surface area contributed by atoms with Gasteiger partial charge in [0.25, 0.3) is 5.91 Å². The number of amides is 3. The van der Waals surface area contributed by atoms with Crippen molar-refractivity contribution in [1.29, 1.82) is 0 Å². The second kappa shape index (κ2) is 11.6. The maximum atomic E-state index is 13.3. The maximum Gasteiger partial charge on any atom is 0.255 e. The first-order chi connectivity index (χ1) is 16.4. The molecule has 1 aromatic carbocycles. The van der Waals surface area contributed by atoms with E-state index < -0.39 is 0 Å². The van der Waals surface area contributed by atoms with Crippen LogP contribution in [0.4, 0.5) is 0 Å². The quantitative estimate of drug-likeness (QED) is 0.572. The first-order valence-corrected chi connectivity index (χ1v) is 13.7. The normalized spacial score (nSPS) is 20.6. The largest absolute Gasteiger partial charge is 0.352 e. The van der Waals surface area contributed by atoms with Crippen molar-refractivity contribution in [2.75, 3.05) is 39.0 Å². The summed E-state index contributed by atoms with van der Waals surface area (Å²) in [6.45, 7) is 4.52. The molecule has 0 spiro atoms. The molecule has 3 aliphatic rings. The lowest BCUT2D eigenvalue weighted by atomic mass is 9.94. The maximum absolute atomic E-state index is 13.3. The van der Waals surface area contributed by atoms with Gasteiger partial charge in [-0.1, -0.05) is 31.4 Å². The van der Waals surface area contributed by atoms with E-state index in [-0.39, 0.29) is 23.8 Å². The summed E-state index contributed by atoms with van der Waals surface area (Å²) in [6, 6.07) is 8.14. The number of nitrogens with one attached hydrogen (secondary N) is 1. The molecule has 3 amide bonds. The molecule has 0 aromatic heterocycles. The number of hydrogen-bond acceptors (Lipinski definition) is 5. The lowest BCUT2D eigenvalue weighted by Gasteiger charge is -2.37. The average molecular weight is 487 g/mol. The molecule has 1 N–H and O–H groups in total. The van der Waals surface area contributed by atoms with Gasteiger partial charge < -0.3 is 15.1 Å². The van der Waals surface area contributed by atoms with Gasteiger partial charge in [0.05, 0.1) is 17.4 Å². The zero-order chi connectivity index (χ0) is 24.1. The van der Waals surface area contributed by atoms with Crippen LogP contribution in [0.15, 0.2) is 29.2 Å². The molecule has 2 aliphatic carbocycles. The minimum atomic E-state index is -0.173. The molecule has 34 heavy (non-hydrogen) atoms. The van der Waals surface area contributed by atoms with Crippen LogP contribution in [0.3, 0.4) is 0 Å². The third-order valence-corrected chi connectivity index (χ3v) is 8.50. The molecule has 1 unspecified atom stereocenters. The second-order valence-corrected chi connectivity index (χ2v) is 10.9. The van der Waals surface area contributed by atoms with Crippen LogP contribution < -0.4 is 5.32 Å². The summed E-state index contributed by atoms with van der Waals surface area (Å²) >= 11 is 1.46. The highest BCUT2D eigenvalue weighted by Gasteiger charge is 2.31. The fourth-order valence-electron chi connectivity index (χ4n) is 4.88. The number of carbonyl (C=O) groups excluding carboxylic acids is 3. The van der Waals surface area contributed by atoms with Crippen molar-refractivity contribution in [2.45, 2.75) is 74.9 Å². The Morgan fingerprint density at radius 3 is 2.38 bits per heavy atom. The van der Waals surface area contributed by atoms with Crippen molar-refractivity contribution >= 4 is 29.5 Å². The Morgan fingerprint density at radius 2 is 1.71 bits per heavy atom. The monoisotopic (exact) mass is 486 g/mol. The summed E-state index contributed by atoms with van der Waals surface area (Å²) in [7, 11) is 1.92. The summed E-state index contributed by atoms with van der Waals surface area (Å²) in [6.07, 6.45) is 8.02. The lowest BCUT2D eigenvalue weighted by molar-refractivity contribution is -0.129. The van der Waals surface area contributed by atoms with Crippen LogP contribution >= 0.6 is 11.8 Å². The number of rotatable bonds is 8. The zero-order valence-electron chi connectivity index (χ0n) is 20.5. The molecule has 1 atom stereocenters. The number of thioether (sulfide) groups is 1. The third kappa shape index (κ3) is 6.33. The topological polar surface area (TPSA) is 73.0 Å². The molecule has 4 rings (SSSR count). The van der Waals surface area contributed by atoms with E-state index in [1.807, 2.05) is 48.0 Å². The molecule has 186 valence electrons. The van der Waals surface area contributed by atoms with Crippen LogP contribution in [-0.2, 0) is 9.59 Å². The van der Waals surface area contributed by atoms with Gasteiger partial charge in [-0.05, 0) is 44.7 Å². The number of piperazine rings is 1. The SMILES string of the molecule is CC(C(=O)NC1CC1)N1CCN(C(=O)c2ccccc2SCC(=O)N(C)C2CCCCC2)CC1.